The van der Waals surface area contributed by atoms with Crippen LogP contribution in [0.1, 0.15) is 50.3 Å². The van der Waals surface area contributed by atoms with Gasteiger partial charge in [-0.2, -0.15) is 18.4 Å². The number of aromatic nitrogens is 1. The van der Waals surface area contributed by atoms with Crippen molar-refractivity contribution in [1.29, 1.82) is 5.26 Å². The standard InChI is InChI=1S/C31H32F3N5O4/c1-30(2,3)26(38-29(42)31(32,33)34)28(41)39-14-13-20(18-9-6-5-7-10-18)25(39)27(40)37-22(15-35)21-17-36-16-19-11-8-12-23(43-4)24(19)21/h5-12,16-17,20,22,25-26H,13-14H2,1-4H3,(H,37,40)(H,38,42). The topological polar surface area (TPSA) is 124 Å². The van der Waals surface area contributed by atoms with Gasteiger partial charge < -0.3 is 20.3 Å². The van der Waals surface area contributed by atoms with Crippen molar-refractivity contribution in [2.24, 2.45) is 5.41 Å². The van der Waals surface area contributed by atoms with Gasteiger partial charge in [-0.3, -0.25) is 19.4 Å². The second-order valence-corrected chi connectivity index (χ2v) is 11.4. The molecule has 4 atom stereocenters. The van der Waals surface area contributed by atoms with Crippen LogP contribution in [0.25, 0.3) is 10.8 Å². The first-order valence-corrected chi connectivity index (χ1v) is 13.6. The van der Waals surface area contributed by atoms with Crippen LogP contribution in [0.4, 0.5) is 13.2 Å². The lowest BCUT2D eigenvalue weighted by molar-refractivity contribution is -0.176. The molecule has 226 valence electrons. The van der Waals surface area contributed by atoms with Gasteiger partial charge in [-0.25, -0.2) is 0 Å². The van der Waals surface area contributed by atoms with Crippen LogP contribution in [-0.4, -0.2) is 59.5 Å². The minimum atomic E-state index is -5.20. The number of nitriles is 1. The van der Waals surface area contributed by atoms with Crippen molar-refractivity contribution in [2.45, 2.75) is 57.4 Å². The Morgan fingerprint density at radius 2 is 1.74 bits per heavy atom. The Morgan fingerprint density at radius 1 is 1.05 bits per heavy atom. The molecule has 4 rings (SSSR count). The molecule has 0 spiro atoms. The Balaban J connectivity index is 1.73. The number of halogens is 3. The molecule has 1 saturated heterocycles. The molecule has 1 aliphatic rings. The van der Waals surface area contributed by atoms with Crippen molar-refractivity contribution >= 4 is 28.5 Å². The van der Waals surface area contributed by atoms with E-state index < -0.39 is 53.4 Å². The zero-order valence-corrected chi connectivity index (χ0v) is 24.1. The number of carbonyl (C=O) groups excluding carboxylic acids is 3. The van der Waals surface area contributed by atoms with Gasteiger partial charge >= 0.3 is 12.1 Å². The number of benzene rings is 2. The van der Waals surface area contributed by atoms with Crippen LogP contribution >= 0.6 is 0 Å². The Morgan fingerprint density at radius 3 is 2.35 bits per heavy atom. The number of methoxy groups -OCH3 is 1. The first-order chi connectivity index (χ1) is 20.3. The summed E-state index contributed by atoms with van der Waals surface area (Å²) >= 11 is 0. The number of amides is 3. The molecular weight excluding hydrogens is 563 g/mol. The predicted octanol–water partition coefficient (Wildman–Crippen LogP) is 4.40. The summed E-state index contributed by atoms with van der Waals surface area (Å²) in [6.07, 6.45) is -1.82. The monoisotopic (exact) mass is 595 g/mol. The largest absolute Gasteiger partial charge is 0.496 e. The van der Waals surface area contributed by atoms with Crippen LogP contribution in [0.15, 0.2) is 60.9 Å². The van der Waals surface area contributed by atoms with Crippen molar-refractivity contribution in [2.75, 3.05) is 13.7 Å². The highest BCUT2D eigenvalue weighted by atomic mass is 19.4. The van der Waals surface area contributed by atoms with Crippen LogP contribution in [0.3, 0.4) is 0 Å². The molecule has 2 heterocycles. The third-order valence-electron chi connectivity index (χ3n) is 7.54. The minimum Gasteiger partial charge on any atom is -0.496 e. The summed E-state index contributed by atoms with van der Waals surface area (Å²) in [5.74, 6) is -3.80. The van der Waals surface area contributed by atoms with Crippen LogP contribution < -0.4 is 15.4 Å². The molecular formula is C31H32F3N5O4. The number of carbonyl (C=O) groups is 3. The molecule has 2 aromatic carbocycles. The molecule has 3 amide bonds. The van der Waals surface area contributed by atoms with Gasteiger partial charge in [-0.05, 0) is 23.5 Å². The summed E-state index contributed by atoms with van der Waals surface area (Å²) < 4.78 is 45.1. The molecule has 2 N–H and O–H groups in total. The summed E-state index contributed by atoms with van der Waals surface area (Å²) in [4.78, 5) is 45.3. The van der Waals surface area contributed by atoms with E-state index in [0.29, 0.717) is 28.5 Å². The third kappa shape index (κ3) is 6.56. The summed E-state index contributed by atoms with van der Waals surface area (Å²) in [6.45, 7) is 4.63. The summed E-state index contributed by atoms with van der Waals surface area (Å²) in [6, 6.07) is 12.4. The molecule has 3 aromatic rings. The molecule has 12 heteroatoms. The highest BCUT2D eigenvalue weighted by Crippen LogP contribution is 2.37. The lowest BCUT2D eigenvalue weighted by Crippen LogP contribution is -2.59. The van der Waals surface area contributed by atoms with Crippen molar-refractivity contribution in [3.63, 3.8) is 0 Å². The first kappa shape index (κ1) is 31.3. The van der Waals surface area contributed by atoms with E-state index in [4.69, 9.17) is 4.74 Å². The molecule has 4 unspecified atom stereocenters. The molecule has 0 aliphatic carbocycles. The van der Waals surface area contributed by atoms with Gasteiger partial charge in [0.25, 0.3) is 0 Å². The van der Waals surface area contributed by atoms with Crippen LogP contribution in [0.2, 0.25) is 0 Å². The van der Waals surface area contributed by atoms with Crippen molar-refractivity contribution in [3.05, 3.63) is 72.1 Å². The van der Waals surface area contributed by atoms with E-state index in [1.54, 1.807) is 54.7 Å². The van der Waals surface area contributed by atoms with Crippen molar-refractivity contribution < 1.29 is 32.3 Å². The molecule has 1 fully saturated rings. The van der Waals surface area contributed by atoms with E-state index in [0.717, 1.165) is 5.56 Å². The van der Waals surface area contributed by atoms with E-state index in [-0.39, 0.29) is 6.54 Å². The van der Waals surface area contributed by atoms with E-state index in [2.05, 4.69) is 16.4 Å². The highest BCUT2D eigenvalue weighted by Gasteiger charge is 2.49. The van der Waals surface area contributed by atoms with Crippen LogP contribution in [-0.2, 0) is 14.4 Å². The normalized spacial score (nSPS) is 18.4. The fourth-order valence-corrected chi connectivity index (χ4v) is 5.46. The van der Waals surface area contributed by atoms with Gasteiger partial charge in [0.2, 0.25) is 11.8 Å². The first-order valence-electron chi connectivity index (χ1n) is 13.6. The van der Waals surface area contributed by atoms with E-state index in [1.165, 1.54) is 39.0 Å². The molecule has 1 aromatic heterocycles. The molecule has 0 radical (unpaired) electrons. The van der Waals surface area contributed by atoms with E-state index in [9.17, 15) is 32.8 Å². The zero-order chi connectivity index (χ0) is 31.5. The van der Waals surface area contributed by atoms with E-state index >= 15 is 0 Å². The number of likely N-dealkylation sites (tertiary alicyclic amines) is 1. The van der Waals surface area contributed by atoms with Gasteiger partial charge in [0.05, 0.1) is 13.2 Å². The highest BCUT2D eigenvalue weighted by molar-refractivity contribution is 5.96. The summed E-state index contributed by atoms with van der Waals surface area (Å²) in [5, 5.41) is 16.0. The van der Waals surface area contributed by atoms with Gasteiger partial charge in [0.1, 0.15) is 23.9 Å². The number of alkyl halides is 3. The Labute approximate surface area is 247 Å². The lowest BCUT2D eigenvalue weighted by Gasteiger charge is -2.36. The average molecular weight is 596 g/mol. The number of nitrogens with one attached hydrogen (secondary N) is 2. The number of pyridine rings is 1. The van der Waals surface area contributed by atoms with Crippen molar-refractivity contribution in [3.8, 4) is 11.8 Å². The fourth-order valence-electron chi connectivity index (χ4n) is 5.46. The molecule has 1 aliphatic heterocycles. The quantitative estimate of drug-likeness (QED) is 0.417. The van der Waals surface area contributed by atoms with Gasteiger partial charge in [-0.15, -0.1) is 0 Å². The molecule has 43 heavy (non-hydrogen) atoms. The van der Waals surface area contributed by atoms with Gasteiger partial charge in [-0.1, -0.05) is 63.2 Å². The molecule has 0 bridgehead atoms. The fraction of sp³-hybridized carbons (Fsp3) is 0.387. The maximum atomic E-state index is 14.1. The molecule has 0 saturated carbocycles. The van der Waals surface area contributed by atoms with Crippen LogP contribution in [0, 0.1) is 16.7 Å². The number of rotatable bonds is 7. The van der Waals surface area contributed by atoms with Gasteiger partial charge in [0.15, 0.2) is 0 Å². The maximum Gasteiger partial charge on any atom is 0.471 e. The Kier molecular flexibility index (Phi) is 8.94. The number of fused-ring (bicyclic) bond motifs is 1. The second kappa shape index (κ2) is 12.3. The molecule has 9 nitrogen and oxygen atoms in total. The Bertz CT molecular complexity index is 1540. The SMILES string of the molecule is COc1cccc2cncc(C(C#N)NC(=O)C3C(c4ccccc4)CCN3C(=O)C(NC(=O)C(F)(F)F)C(C)(C)C)c12. The van der Waals surface area contributed by atoms with Crippen LogP contribution in [0.5, 0.6) is 5.75 Å². The minimum absolute atomic E-state index is 0.0474. The second-order valence-electron chi connectivity index (χ2n) is 11.4. The van der Waals surface area contributed by atoms with Gasteiger partial charge in [0, 0.05) is 41.2 Å². The lowest BCUT2D eigenvalue weighted by atomic mass is 9.85. The zero-order valence-electron chi connectivity index (χ0n) is 24.1. The van der Waals surface area contributed by atoms with E-state index in [1.807, 2.05) is 5.32 Å². The predicted molar refractivity (Wildman–Crippen MR) is 152 cm³/mol. The maximum absolute atomic E-state index is 14.1. The number of nitrogens with zero attached hydrogens (tertiary/aromatic N) is 3. The Hall–Kier alpha value is -4.66. The van der Waals surface area contributed by atoms with Crippen molar-refractivity contribution in [1.82, 2.24) is 20.5 Å². The number of hydrogen-bond acceptors (Lipinski definition) is 6. The number of ether oxygens (including phenoxy) is 1. The third-order valence-corrected chi connectivity index (χ3v) is 7.54. The summed E-state index contributed by atoms with van der Waals surface area (Å²) in [5.41, 5.74) is -0.000876. The smallest absolute Gasteiger partial charge is 0.471 e. The average Bonchev–Trinajstić information content (AvgIpc) is 3.42. The number of hydrogen-bond donors (Lipinski definition) is 2. The summed E-state index contributed by atoms with van der Waals surface area (Å²) in [7, 11) is 1.48.